The van der Waals surface area contributed by atoms with Crippen LogP contribution in [0.4, 0.5) is 0 Å². The van der Waals surface area contributed by atoms with Crippen LogP contribution < -0.4 is 0 Å². The Labute approximate surface area is 128 Å². The van der Waals surface area contributed by atoms with E-state index in [-0.39, 0.29) is 15.1 Å². The molecule has 1 saturated carbocycles. The number of hydrogen-bond acceptors (Lipinski definition) is 1. The second-order valence-corrected chi connectivity index (χ2v) is 6.74. The number of halogens is 6. The van der Waals surface area contributed by atoms with Crippen LogP contribution in [0.3, 0.4) is 0 Å². The average molecular weight is 353 g/mol. The SMILES string of the molecule is O=C(Cl)C1C(c2cc(Cl)c(Cl)c(Cl)c2)C1(Cl)Cl. The van der Waals surface area contributed by atoms with Crippen LogP contribution in [0.2, 0.25) is 15.1 Å². The summed E-state index contributed by atoms with van der Waals surface area (Å²) in [5.74, 6) is -1.07. The molecule has 0 N–H and O–H groups in total. The summed E-state index contributed by atoms with van der Waals surface area (Å²) in [5.41, 5.74) is 0.647. The highest BCUT2D eigenvalue weighted by Crippen LogP contribution is 2.66. The molecule has 1 nitrogen and oxygen atoms in total. The van der Waals surface area contributed by atoms with Crippen molar-refractivity contribution in [2.45, 2.75) is 10.3 Å². The van der Waals surface area contributed by atoms with Crippen LogP contribution in [-0.2, 0) is 4.79 Å². The number of benzene rings is 1. The lowest BCUT2D eigenvalue weighted by Crippen LogP contribution is -1.96. The molecular formula is C10H4Cl6O. The van der Waals surface area contributed by atoms with Gasteiger partial charge in [0.05, 0.1) is 21.0 Å². The minimum Gasteiger partial charge on any atom is -0.281 e. The lowest BCUT2D eigenvalue weighted by atomic mass is 10.1. The molecule has 1 aliphatic carbocycles. The summed E-state index contributed by atoms with van der Waals surface area (Å²) in [5, 5.41) is 0.236. The maximum absolute atomic E-state index is 11.1. The largest absolute Gasteiger partial charge is 0.281 e. The molecule has 7 heteroatoms. The van der Waals surface area contributed by atoms with E-state index < -0.39 is 21.4 Å². The predicted octanol–water partition coefficient (Wildman–Crippen LogP) is 5.30. The Balaban J connectivity index is 2.41. The number of rotatable bonds is 2. The van der Waals surface area contributed by atoms with Gasteiger partial charge in [-0.15, -0.1) is 23.2 Å². The van der Waals surface area contributed by atoms with E-state index in [0.29, 0.717) is 5.56 Å². The summed E-state index contributed by atoms with van der Waals surface area (Å²) in [6.45, 7) is 0. The van der Waals surface area contributed by atoms with E-state index in [1.807, 2.05) is 0 Å². The maximum Gasteiger partial charge on any atom is 0.228 e. The van der Waals surface area contributed by atoms with E-state index in [0.717, 1.165) is 0 Å². The highest BCUT2D eigenvalue weighted by molar-refractivity contribution is 6.68. The van der Waals surface area contributed by atoms with Gasteiger partial charge in [-0.3, -0.25) is 4.79 Å². The van der Waals surface area contributed by atoms with E-state index in [1.54, 1.807) is 12.1 Å². The van der Waals surface area contributed by atoms with Gasteiger partial charge in [0, 0.05) is 5.92 Å². The van der Waals surface area contributed by atoms with Crippen molar-refractivity contribution < 1.29 is 4.79 Å². The van der Waals surface area contributed by atoms with Crippen molar-refractivity contribution in [3.63, 3.8) is 0 Å². The van der Waals surface area contributed by atoms with E-state index in [4.69, 9.17) is 69.6 Å². The van der Waals surface area contributed by atoms with Crippen molar-refractivity contribution in [3.05, 3.63) is 32.8 Å². The molecule has 2 atom stereocenters. The van der Waals surface area contributed by atoms with Gasteiger partial charge in [0.25, 0.3) is 0 Å². The Bertz CT molecular complexity index is 475. The summed E-state index contributed by atoms with van der Waals surface area (Å²) >= 11 is 35.0. The van der Waals surface area contributed by atoms with Crippen LogP contribution in [0.5, 0.6) is 0 Å². The van der Waals surface area contributed by atoms with Crippen LogP contribution in [0, 0.1) is 5.92 Å². The van der Waals surface area contributed by atoms with Crippen molar-refractivity contribution in [2.24, 2.45) is 5.92 Å². The Morgan fingerprint density at radius 3 is 1.94 bits per heavy atom. The summed E-state index contributed by atoms with van der Waals surface area (Å²) in [6, 6.07) is 3.17. The fourth-order valence-electron chi connectivity index (χ4n) is 1.78. The van der Waals surface area contributed by atoms with Crippen LogP contribution in [0.15, 0.2) is 12.1 Å². The second-order valence-electron chi connectivity index (χ2n) is 3.73. The van der Waals surface area contributed by atoms with E-state index in [9.17, 15) is 4.79 Å². The number of hydrogen-bond donors (Lipinski definition) is 0. The molecule has 0 saturated heterocycles. The summed E-state index contributed by atoms with van der Waals surface area (Å²) < 4.78 is -1.21. The molecule has 1 fully saturated rings. The summed E-state index contributed by atoms with van der Waals surface area (Å²) in [6.07, 6.45) is 0. The Kier molecular flexibility index (Phi) is 3.82. The zero-order valence-electron chi connectivity index (χ0n) is 7.99. The van der Waals surface area contributed by atoms with Crippen molar-refractivity contribution >= 4 is 74.8 Å². The minimum atomic E-state index is -1.21. The van der Waals surface area contributed by atoms with Gasteiger partial charge in [-0.1, -0.05) is 34.8 Å². The van der Waals surface area contributed by atoms with Crippen LogP contribution >= 0.6 is 69.6 Å². The Morgan fingerprint density at radius 2 is 1.59 bits per heavy atom. The molecule has 0 aliphatic heterocycles. The van der Waals surface area contributed by atoms with Crippen LogP contribution in [-0.4, -0.2) is 9.58 Å². The van der Waals surface area contributed by atoms with Gasteiger partial charge in [-0.25, -0.2) is 0 Å². The minimum absolute atomic E-state index is 0.251. The number of carbonyl (C=O) groups is 1. The van der Waals surface area contributed by atoms with Crippen LogP contribution in [0.1, 0.15) is 11.5 Å². The molecule has 2 rings (SSSR count). The zero-order valence-corrected chi connectivity index (χ0v) is 12.5. The molecule has 92 valence electrons. The average Bonchev–Trinajstić information content (AvgIpc) is 2.77. The molecule has 0 spiro atoms. The Morgan fingerprint density at radius 1 is 1.12 bits per heavy atom. The Hall–Kier alpha value is 0.630. The van der Waals surface area contributed by atoms with E-state index in [1.165, 1.54) is 0 Å². The predicted molar refractivity (Wildman–Crippen MR) is 73.0 cm³/mol. The lowest BCUT2D eigenvalue weighted by Gasteiger charge is -2.05. The third-order valence-electron chi connectivity index (χ3n) is 2.66. The third-order valence-corrected chi connectivity index (χ3v) is 5.04. The molecule has 0 radical (unpaired) electrons. The maximum atomic E-state index is 11.1. The fraction of sp³-hybridized carbons (Fsp3) is 0.300. The first kappa shape index (κ1) is 14.0. The molecule has 1 aliphatic rings. The first-order valence-corrected chi connectivity index (χ1v) is 6.75. The van der Waals surface area contributed by atoms with Crippen LogP contribution in [0.25, 0.3) is 0 Å². The first-order valence-electron chi connectivity index (χ1n) is 4.48. The first-order chi connectivity index (χ1) is 7.76. The van der Waals surface area contributed by atoms with Gasteiger partial charge in [0.2, 0.25) is 5.24 Å². The van der Waals surface area contributed by atoms with Crippen molar-refractivity contribution in [1.82, 2.24) is 0 Å². The fourth-order valence-corrected chi connectivity index (χ4v) is 3.63. The summed E-state index contributed by atoms with van der Waals surface area (Å²) in [4.78, 5) is 11.1. The van der Waals surface area contributed by atoms with Gasteiger partial charge >= 0.3 is 0 Å². The van der Waals surface area contributed by atoms with Gasteiger partial charge in [-0.05, 0) is 29.3 Å². The molecule has 0 amide bonds. The molecule has 1 aromatic carbocycles. The van der Waals surface area contributed by atoms with Gasteiger partial charge in [-0.2, -0.15) is 0 Å². The van der Waals surface area contributed by atoms with Gasteiger partial charge < -0.3 is 0 Å². The topological polar surface area (TPSA) is 17.1 Å². The standard InChI is InChI=1S/C10H4Cl6O/c11-4-1-3(2-5(12)8(4)13)6-7(9(14)17)10(6,15)16/h1-2,6-7H. The molecule has 17 heavy (non-hydrogen) atoms. The molecule has 0 aromatic heterocycles. The number of carbonyl (C=O) groups excluding carboxylic acids is 1. The van der Waals surface area contributed by atoms with Crippen molar-refractivity contribution in [1.29, 1.82) is 0 Å². The third kappa shape index (κ3) is 2.39. The normalized spacial score (nSPS) is 25.8. The monoisotopic (exact) mass is 350 g/mol. The van der Waals surface area contributed by atoms with Crippen molar-refractivity contribution in [3.8, 4) is 0 Å². The number of alkyl halides is 2. The van der Waals surface area contributed by atoms with E-state index in [2.05, 4.69) is 0 Å². The summed E-state index contributed by atoms with van der Waals surface area (Å²) in [7, 11) is 0. The highest BCUT2D eigenvalue weighted by Gasteiger charge is 2.67. The molecule has 0 bridgehead atoms. The molecule has 0 heterocycles. The van der Waals surface area contributed by atoms with Gasteiger partial charge in [0.1, 0.15) is 4.33 Å². The highest BCUT2D eigenvalue weighted by atomic mass is 35.5. The molecule has 2 unspecified atom stereocenters. The second kappa shape index (κ2) is 4.63. The zero-order chi connectivity index (χ0) is 13.0. The van der Waals surface area contributed by atoms with Crippen molar-refractivity contribution in [2.75, 3.05) is 0 Å². The van der Waals surface area contributed by atoms with E-state index >= 15 is 0 Å². The molecule has 1 aromatic rings. The quantitative estimate of drug-likeness (QED) is 0.401. The molecular weight excluding hydrogens is 349 g/mol. The van der Waals surface area contributed by atoms with Gasteiger partial charge in [0.15, 0.2) is 0 Å². The smallest absolute Gasteiger partial charge is 0.228 e. The lowest BCUT2D eigenvalue weighted by molar-refractivity contribution is -0.112.